The Bertz CT molecular complexity index is 565. The van der Waals surface area contributed by atoms with Crippen LogP contribution in [0.1, 0.15) is 51.4 Å². The van der Waals surface area contributed by atoms with Crippen molar-refractivity contribution in [3.63, 3.8) is 0 Å². The van der Waals surface area contributed by atoms with Gasteiger partial charge >= 0.3 is 0 Å². The van der Waals surface area contributed by atoms with E-state index in [1.54, 1.807) is 4.68 Å². The zero-order valence-electron chi connectivity index (χ0n) is 14.0. The Kier molecular flexibility index (Phi) is 5.03. The Morgan fingerprint density at radius 3 is 2.67 bits per heavy atom. The first kappa shape index (κ1) is 16.3. The first-order chi connectivity index (χ1) is 11.8. The molecule has 2 aliphatic carbocycles. The van der Waals surface area contributed by atoms with Crippen molar-refractivity contribution >= 4 is 17.7 Å². The molecule has 0 aromatic carbocycles. The molecule has 4 rings (SSSR count). The summed E-state index contributed by atoms with van der Waals surface area (Å²) in [6.45, 7) is 1.50. The Balaban J connectivity index is 1.34. The average molecular weight is 351 g/mol. The van der Waals surface area contributed by atoms with Gasteiger partial charge in [0.25, 0.3) is 0 Å². The van der Waals surface area contributed by atoms with Crippen molar-refractivity contribution < 1.29 is 9.53 Å². The van der Waals surface area contributed by atoms with E-state index in [0.717, 1.165) is 24.6 Å². The molecule has 132 valence electrons. The van der Waals surface area contributed by atoms with Crippen molar-refractivity contribution in [3.05, 3.63) is 0 Å². The zero-order chi connectivity index (χ0) is 16.4. The Labute approximate surface area is 146 Å². The highest BCUT2D eigenvalue weighted by molar-refractivity contribution is 7.99. The van der Waals surface area contributed by atoms with Crippen LogP contribution in [0.25, 0.3) is 0 Å². The Hall–Kier alpha value is -1.15. The molecule has 7 nitrogen and oxygen atoms in total. The first-order valence-corrected chi connectivity index (χ1v) is 10.1. The number of carbonyl (C=O) groups excluding carboxylic acids is 1. The number of carbonyl (C=O) groups is 1. The van der Waals surface area contributed by atoms with Crippen molar-refractivity contribution in [1.29, 1.82) is 0 Å². The van der Waals surface area contributed by atoms with Crippen LogP contribution in [0.2, 0.25) is 0 Å². The van der Waals surface area contributed by atoms with E-state index in [2.05, 4.69) is 20.4 Å². The topological polar surface area (TPSA) is 73.1 Å². The van der Waals surface area contributed by atoms with Crippen LogP contribution >= 0.6 is 11.8 Å². The van der Waals surface area contributed by atoms with Crippen molar-refractivity contribution in [1.82, 2.24) is 25.1 Å². The minimum atomic E-state index is 0.199. The van der Waals surface area contributed by atoms with Crippen LogP contribution in [0.5, 0.6) is 0 Å². The Morgan fingerprint density at radius 1 is 1.17 bits per heavy atom. The van der Waals surface area contributed by atoms with Crippen LogP contribution in [0, 0.1) is 0 Å². The highest BCUT2D eigenvalue weighted by atomic mass is 32.2. The standard InChI is InChI=1S/C16H25N5O2S/c22-15(21(13-7-8-13)12-4-1-2-5-12)11-24-16-17-18-19-20(16)10-14-6-3-9-23-14/h12-14H,1-11H2. The van der Waals surface area contributed by atoms with E-state index in [1.807, 2.05) is 0 Å². The lowest BCUT2D eigenvalue weighted by molar-refractivity contribution is -0.131. The number of thioether (sulfide) groups is 1. The SMILES string of the molecule is O=C(CSc1nnnn1CC1CCCO1)N(C1CCCC1)C1CC1. The number of nitrogens with zero attached hydrogens (tertiary/aromatic N) is 5. The van der Waals surface area contributed by atoms with Crippen LogP contribution in [0.15, 0.2) is 5.16 Å². The molecule has 0 spiro atoms. The molecule has 1 atom stereocenters. The highest BCUT2D eigenvalue weighted by Crippen LogP contribution is 2.35. The largest absolute Gasteiger partial charge is 0.376 e. The smallest absolute Gasteiger partial charge is 0.233 e. The van der Waals surface area contributed by atoms with Crippen LogP contribution in [0.3, 0.4) is 0 Å². The molecule has 2 saturated carbocycles. The van der Waals surface area contributed by atoms with Crippen LogP contribution in [-0.4, -0.2) is 61.6 Å². The second-order valence-electron chi connectivity index (χ2n) is 7.04. The Morgan fingerprint density at radius 2 is 1.96 bits per heavy atom. The number of tetrazole rings is 1. The lowest BCUT2D eigenvalue weighted by Gasteiger charge is -2.29. The van der Waals surface area contributed by atoms with E-state index in [0.29, 0.717) is 24.4 Å². The molecule has 1 amide bonds. The molecule has 0 radical (unpaired) electrons. The number of hydrogen-bond acceptors (Lipinski definition) is 6. The van der Waals surface area contributed by atoms with E-state index in [-0.39, 0.29) is 12.0 Å². The summed E-state index contributed by atoms with van der Waals surface area (Å²) in [6, 6.07) is 0.956. The van der Waals surface area contributed by atoms with Crippen molar-refractivity contribution in [3.8, 4) is 0 Å². The van der Waals surface area contributed by atoms with Gasteiger partial charge in [0.05, 0.1) is 18.4 Å². The van der Waals surface area contributed by atoms with E-state index in [9.17, 15) is 4.79 Å². The van der Waals surface area contributed by atoms with Crippen molar-refractivity contribution in [2.75, 3.05) is 12.4 Å². The lowest BCUT2D eigenvalue weighted by Crippen LogP contribution is -2.41. The second kappa shape index (κ2) is 7.39. The zero-order valence-corrected chi connectivity index (χ0v) is 14.8. The first-order valence-electron chi connectivity index (χ1n) is 9.13. The van der Waals surface area contributed by atoms with E-state index in [1.165, 1.54) is 50.3 Å². The number of ether oxygens (including phenoxy) is 1. The van der Waals surface area contributed by atoms with Crippen molar-refractivity contribution in [2.45, 2.75) is 81.3 Å². The van der Waals surface area contributed by atoms with Gasteiger partial charge < -0.3 is 9.64 Å². The molecule has 1 unspecified atom stereocenters. The number of amides is 1. The summed E-state index contributed by atoms with van der Waals surface area (Å²) in [4.78, 5) is 14.9. The summed E-state index contributed by atoms with van der Waals surface area (Å²) < 4.78 is 7.43. The summed E-state index contributed by atoms with van der Waals surface area (Å²) in [5, 5.41) is 12.6. The number of rotatable bonds is 7. The third kappa shape index (κ3) is 3.74. The lowest BCUT2D eigenvalue weighted by atomic mass is 10.2. The van der Waals surface area contributed by atoms with E-state index >= 15 is 0 Å². The van der Waals surface area contributed by atoms with Gasteiger partial charge in [-0.3, -0.25) is 4.79 Å². The summed E-state index contributed by atoms with van der Waals surface area (Å²) in [7, 11) is 0. The maximum absolute atomic E-state index is 12.8. The van der Waals surface area contributed by atoms with Gasteiger partial charge in [-0.1, -0.05) is 24.6 Å². The molecule has 1 saturated heterocycles. The fourth-order valence-corrected chi connectivity index (χ4v) is 4.59. The van der Waals surface area contributed by atoms with Gasteiger partial charge in [-0.25, -0.2) is 4.68 Å². The monoisotopic (exact) mass is 351 g/mol. The quantitative estimate of drug-likeness (QED) is 0.699. The van der Waals surface area contributed by atoms with Crippen LogP contribution in [0.4, 0.5) is 0 Å². The molecule has 3 fully saturated rings. The molecule has 8 heteroatoms. The van der Waals surface area contributed by atoms with E-state index < -0.39 is 0 Å². The molecule has 0 N–H and O–H groups in total. The predicted molar refractivity (Wildman–Crippen MR) is 89.6 cm³/mol. The van der Waals surface area contributed by atoms with Gasteiger partial charge in [-0.05, 0) is 49.0 Å². The maximum atomic E-state index is 12.8. The summed E-state index contributed by atoms with van der Waals surface area (Å²) in [5.41, 5.74) is 0. The fraction of sp³-hybridized carbons (Fsp3) is 0.875. The third-order valence-electron chi connectivity index (χ3n) is 5.17. The van der Waals surface area contributed by atoms with Gasteiger partial charge in [0.2, 0.25) is 11.1 Å². The predicted octanol–water partition coefficient (Wildman–Crippen LogP) is 1.88. The minimum absolute atomic E-state index is 0.199. The van der Waals surface area contributed by atoms with Crippen LogP contribution < -0.4 is 0 Å². The highest BCUT2D eigenvalue weighted by Gasteiger charge is 2.38. The molecule has 3 aliphatic rings. The summed E-state index contributed by atoms with van der Waals surface area (Å²) in [5.74, 6) is 0.680. The number of aromatic nitrogens is 4. The molecule has 24 heavy (non-hydrogen) atoms. The molecule has 1 aliphatic heterocycles. The summed E-state index contributed by atoms with van der Waals surface area (Å²) >= 11 is 1.46. The summed E-state index contributed by atoms with van der Waals surface area (Å²) in [6.07, 6.45) is 9.55. The molecule has 1 aromatic rings. The van der Waals surface area contributed by atoms with Gasteiger partial charge in [-0.15, -0.1) is 5.10 Å². The molecular formula is C16H25N5O2S. The molecule has 1 aromatic heterocycles. The van der Waals surface area contributed by atoms with Crippen molar-refractivity contribution in [2.24, 2.45) is 0 Å². The average Bonchev–Trinajstić information content (AvgIpc) is 3.03. The van der Waals surface area contributed by atoms with E-state index in [4.69, 9.17) is 4.74 Å². The number of hydrogen-bond donors (Lipinski definition) is 0. The normalized spacial score (nSPS) is 24.6. The fourth-order valence-electron chi connectivity index (χ4n) is 3.84. The van der Waals surface area contributed by atoms with Gasteiger partial charge in [0.15, 0.2) is 0 Å². The van der Waals surface area contributed by atoms with Crippen LogP contribution in [-0.2, 0) is 16.1 Å². The molecular weight excluding hydrogens is 326 g/mol. The maximum Gasteiger partial charge on any atom is 0.233 e. The molecule has 0 bridgehead atoms. The third-order valence-corrected chi connectivity index (χ3v) is 6.11. The minimum Gasteiger partial charge on any atom is -0.376 e. The second-order valence-corrected chi connectivity index (χ2v) is 7.98. The van der Waals surface area contributed by atoms with Gasteiger partial charge in [0.1, 0.15) is 0 Å². The van der Waals surface area contributed by atoms with Gasteiger partial charge in [-0.2, -0.15) is 0 Å². The molecule has 2 heterocycles. The van der Waals surface area contributed by atoms with Gasteiger partial charge in [0, 0.05) is 18.7 Å².